The number of imidazole rings is 1. The Morgan fingerprint density at radius 1 is 1.55 bits per heavy atom. The minimum atomic E-state index is -0.339. The first-order valence-corrected chi connectivity index (χ1v) is 6.23. The topological polar surface area (TPSA) is 76.4 Å². The number of methoxy groups -OCH3 is 1. The fourth-order valence-electron chi connectivity index (χ4n) is 1.88. The molecule has 1 amide bonds. The third-order valence-electron chi connectivity index (χ3n) is 2.87. The number of amides is 1. The number of aromatic nitrogens is 2. The highest BCUT2D eigenvalue weighted by Crippen LogP contribution is 2.22. The Kier molecular flexibility index (Phi) is 4.24. The van der Waals surface area contributed by atoms with Crippen LogP contribution in [0.3, 0.4) is 0 Å². The molecule has 0 spiro atoms. The third-order valence-corrected chi connectivity index (χ3v) is 2.87. The molecule has 20 heavy (non-hydrogen) atoms. The monoisotopic (exact) mass is 275 g/mol. The van der Waals surface area contributed by atoms with Gasteiger partial charge in [0.25, 0.3) is 5.91 Å². The number of nitrogens with one attached hydrogen (secondary N) is 1. The molecule has 1 heterocycles. The van der Waals surface area contributed by atoms with E-state index in [9.17, 15) is 9.90 Å². The number of carbonyl (C=O) groups excluding carboxylic acids is 1. The maximum atomic E-state index is 12.1. The van der Waals surface area contributed by atoms with E-state index in [0.29, 0.717) is 12.3 Å². The van der Waals surface area contributed by atoms with Gasteiger partial charge in [0.15, 0.2) is 0 Å². The molecule has 0 aliphatic rings. The van der Waals surface area contributed by atoms with Crippen LogP contribution in [0.5, 0.6) is 11.5 Å². The average molecular weight is 275 g/mol. The highest BCUT2D eigenvalue weighted by molar-refractivity contribution is 5.97. The molecule has 1 atom stereocenters. The molecule has 2 N–H and O–H groups in total. The number of benzene rings is 1. The molecule has 2 aromatic rings. The van der Waals surface area contributed by atoms with Crippen molar-refractivity contribution in [1.29, 1.82) is 0 Å². The summed E-state index contributed by atoms with van der Waals surface area (Å²) in [5.74, 6) is 0.113. The number of hydrogen-bond acceptors (Lipinski definition) is 4. The molecule has 1 aromatic heterocycles. The number of carbonyl (C=O) groups is 1. The molecule has 106 valence electrons. The summed E-state index contributed by atoms with van der Waals surface area (Å²) in [6.45, 7) is 2.49. The van der Waals surface area contributed by atoms with Gasteiger partial charge in [0.1, 0.15) is 11.5 Å². The molecule has 0 fully saturated rings. The lowest BCUT2D eigenvalue weighted by Gasteiger charge is -2.15. The number of phenols is 1. The number of nitrogens with zero attached hydrogens (tertiary/aromatic N) is 2. The molecule has 6 heteroatoms. The summed E-state index contributed by atoms with van der Waals surface area (Å²) in [6.07, 6.45) is 5.19. The van der Waals surface area contributed by atoms with E-state index in [1.54, 1.807) is 18.6 Å². The van der Waals surface area contributed by atoms with Crippen molar-refractivity contribution in [2.45, 2.75) is 19.5 Å². The second-order valence-corrected chi connectivity index (χ2v) is 4.52. The molecule has 1 unspecified atom stereocenters. The van der Waals surface area contributed by atoms with E-state index in [0.717, 1.165) is 0 Å². The average Bonchev–Trinajstić information content (AvgIpc) is 2.91. The highest BCUT2D eigenvalue weighted by Gasteiger charge is 2.15. The zero-order chi connectivity index (χ0) is 14.5. The highest BCUT2D eigenvalue weighted by atomic mass is 16.5. The molecule has 1 aromatic carbocycles. The largest absolute Gasteiger partial charge is 0.507 e. The van der Waals surface area contributed by atoms with E-state index in [1.807, 2.05) is 17.7 Å². The van der Waals surface area contributed by atoms with Gasteiger partial charge >= 0.3 is 0 Å². The van der Waals surface area contributed by atoms with Crippen LogP contribution in [0, 0.1) is 0 Å². The first-order chi connectivity index (χ1) is 9.60. The van der Waals surface area contributed by atoms with Gasteiger partial charge in [-0.05, 0) is 25.1 Å². The minimum Gasteiger partial charge on any atom is -0.507 e. The lowest BCUT2D eigenvalue weighted by Crippen LogP contribution is -2.35. The molecule has 2 rings (SSSR count). The summed E-state index contributed by atoms with van der Waals surface area (Å²) < 4.78 is 6.92. The van der Waals surface area contributed by atoms with E-state index in [-0.39, 0.29) is 23.3 Å². The fraction of sp³-hybridized carbons (Fsp3) is 0.286. The Balaban J connectivity index is 2.04. The molecular formula is C14H17N3O3. The van der Waals surface area contributed by atoms with Crippen LogP contribution in [0.4, 0.5) is 0 Å². The Morgan fingerprint density at radius 2 is 2.35 bits per heavy atom. The minimum absolute atomic E-state index is 0.0712. The second kappa shape index (κ2) is 6.10. The molecule has 0 saturated heterocycles. The number of rotatable bonds is 5. The van der Waals surface area contributed by atoms with Crippen LogP contribution in [-0.2, 0) is 6.54 Å². The molecular weight excluding hydrogens is 258 g/mol. The summed E-state index contributed by atoms with van der Waals surface area (Å²) >= 11 is 0. The van der Waals surface area contributed by atoms with Crippen LogP contribution in [0.25, 0.3) is 0 Å². The second-order valence-electron chi connectivity index (χ2n) is 4.52. The predicted molar refractivity (Wildman–Crippen MR) is 73.8 cm³/mol. The van der Waals surface area contributed by atoms with Gasteiger partial charge in [0.05, 0.1) is 19.0 Å². The van der Waals surface area contributed by atoms with Crippen LogP contribution >= 0.6 is 0 Å². The lowest BCUT2D eigenvalue weighted by atomic mass is 10.1. The summed E-state index contributed by atoms with van der Waals surface area (Å²) in [7, 11) is 1.51. The van der Waals surface area contributed by atoms with Crippen molar-refractivity contribution >= 4 is 5.91 Å². The van der Waals surface area contributed by atoms with Gasteiger partial charge in [0, 0.05) is 25.0 Å². The van der Waals surface area contributed by atoms with Crippen molar-refractivity contribution in [3.05, 3.63) is 42.5 Å². The zero-order valence-corrected chi connectivity index (χ0v) is 11.4. The van der Waals surface area contributed by atoms with E-state index >= 15 is 0 Å². The first-order valence-electron chi connectivity index (χ1n) is 6.23. The number of ether oxygens (including phenoxy) is 1. The smallest absolute Gasteiger partial charge is 0.255 e. The van der Waals surface area contributed by atoms with Crippen LogP contribution < -0.4 is 10.1 Å². The van der Waals surface area contributed by atoms with Crippen LogP contribution in [-0.4, -0.2) is 33.7 Å². The fourth-order valence-corrected chi connectivity index (χ4v) is 1.88. The predicted octanol–water partition coefficient (Wildman–Crippen LogP) is 1.42. The lowest BCUT2D eigenvalue weighted by molar-refractivity contribution is 0.0933. The maximum Gasteiger partial charge on any atom is 0.255 e. The van der Waals surface area contributed by atoms with Crippen LogP contribution in [0.15, 0.2) is 36.9 Å². The summed E-state index contributed by atoms with van der Waals surface area (Å²) in [5, 5.41) is 12.6. The van der Waals surface area contributed by atoms with E-state index < -0.39 is 0 Å². The van der Waals surface area contributed by atoms with Crippen molar-refractivity contribution in [2.24, 2.45) is 0 Å². The van der Waals surface area contributed by atoms with Gasteiger partial charge in [0.2, 0.25) is 0 Å². The maximum absolute atomic E-state index is 12.1. The van der Waals surface area contributed by atoms with Gasteiger partial charge in [-0.25, -0.2) is 4.98 Å². The molecule has 0 radical (unpaired) electrons. The Bertz CT molecular complexity index is 581. The number of hydrogen-bond donors (Lipinski definition) is 2. The van der Waals surface area contributed by atoms with Crippen molar-refractivity contribution in [1.82, 2.24) is 14.9 Å². The molecule has 0 saturated carbocycles. The number of phenolic OH excluding ortho intramolecular Hbond substituents is 1. The quantitative estimate of drug-likeness (QED) is 0.865. The standard InChI is InChI=1S/C14H17N3O3/c1-10(8-17-6-5-15-9-17)16-14(19)12-7-11(20-2)3-4-13(12)18/h3-7,9-10,18H,8H2,1-2H3,(H,16,19). The zero-order valence-electron chi connectivity index (χ0n) is 11.4. The SMILES string of the molecule is COc1ccc(O)c(C(=O)NC(C)Cn2ccnc2)c1. The molecule has 0 aliphatic carbocycles. The van der Waals surface area contributed by atoms with Gasteiger partial charge in [-0.15, -0.1) is 0 Å². The molecule has 6 nitrogen and oxygen atoms in total. The number of aromatic hydroxyl groups is 1. The third kappa shape index (κ3) is 3.28. The summed E-state index contributed by atoms with van der Waals surface area (Å²) in [6, 6.07) is 4.45. The summed E-state index contributed by atoms with van der Waals surface area (Å²) in [5.41, 5.74) is 0.196. The Labute approximate surface area is 117 Å². The van der Waals surface area contributed by atoms with Gasteiger partial charge in [-0.1, -0.05) is 0 Å². The van der Waals surface area contributed by atoms with Gasteiger partial charge < -0.3 is 19.7 Å². The van der Waals surface area contributed by atoms with Crippen molar-refractivity contribution in [2.75, 3.05) is 7.11 Å². The van der Waals surface area contributed by atoms with Crippen molar-refractivity contribution in [3.8, 4) is 11.5 Å². The summed E-state index contributed by atoms with van der Waals surface area (Å²) in [4.78, 5) is 16.1. The Morgan fingerprint density at radius 3 is 3.00 bits per heavy atom. The van der Waals surface area contributed by atoms with E-state index in [2.05, 4.69) is 10.3 Å². The molecule has 0 bridgehead atoms. The van der Waals surface area contributed by atoms with E-state index in [1.165, 1.54) is 19.2 Å². The normalized spacial score (nSPS) is 11.9. The first kappa shape index (κ1) is 13.9. The van der Waals surface area contributed by atoms with Crippen molar-refractivity contribution < 1.29 is 14.6 Å². The Hall–Kier alpha value is -2.50. The van der Waals surface area contributed by atoms with Crippen molar-refractivity contribution in [3.63, 3.8) is 0 Å². The van der Waals surface area contributed by atoms with Crippen LogP contribution in [0.1, 0.15) is 17.3 Å². The molecule has 0 aliphatic heterocycles. The van der Waals surface area contributed by atoms with Gasteiger partial charge in [-0.3, -0.25) is 4.79 Å². The van der Waals surface area contributed by atoms with Gasteiger partial charge in [-0.2, -0.15) is 0 Å². The van der Waals surface area contributed by atoms with E-state index in [4.69, 9.17) is 4.74 Å². The van der Waals surface area contributed by atoms with Crippen LogP contribution in [0.2, 0.25) is 0 Å².